The quantitative estimate of drug-likeness (QED) is 0.352. The molecule has 34 heavy (non-hydrogen) atoms. The monoisotopic (exact) mass is 565 g/mol. The van der Waals surface area contributed by atoms with Crippen LogP contribution in [0.2, 0.25) is 5.02 Å². The van der Waals surface area contributed by atoms with Crippen molar-refractivity contribution in [3.8, 4) is 0 Å². The Balaban J connectivity index is 2.03. The number of alkyl halides is 1. The van der Waals surface area contributed by atoms with Gasteiger partial charge in [0.15, 0.2) is 10.8 Å². The topological polar surface area (TPSA) is 72.6 Å². The lowest BCUT2D eigenvalue weighted by atomic mass is 9.91. The first-order valence-corrected chi connectivity index (χ1v) is 12.7. The van der Waals surface area contributed by atoms with Crippen LogP contribution in [0.3, 0.4) is 0 Å². The molecule has 0 saturated heterocycles. The third-order valence-electron chi connectivity index (χ3n) is 4.90. The maximum atomic E-state index is 14.0. The first-order chi connectivity index (χ1) is 16.1. The van der Waals surface area contributed by atoms with E-state index in [1.165, 1.54) is 28.4 Å². The standard InChI is InChI=1S/C23H22BrClFN5O2S/c1-23(2,3)33-22(32)31-19(14-6-5-13(26)11-15(14)25)18(16-7-9-30(4)29-16)17(12-24)28-20(31)21-27-8-10-34-21/h5-11,19H,12H2,1-4H3/t19-/m0/s1. The van der Waals surface area contributed by atoms with Crippen LogP contribution in [0, 0.1) is 5.82 Å². The lowest BCUT2D eigenvalue weighted by molar-refractivity contribution is 0.0338. The third-order valence-corrected chi connectivity index (χ3v) is 6.53. The summed E-state index contributed by atoms with van der Waals surface area (Å²) >= 11 is 11.4. The van der Waals surface area contributed by atoms with Gasteiger partial charge in [-0.05, 0) is 44.5 Å². The Labute approximate surface area is 214 Å². The Bertz CT molecular complexity index is 1280. The fourth-order valence-electron chi connectivity index (χ4n) is 3.61. The fraction of sp³-hybridized carbons (Fsp3) is 0.304. The summed E-state index contributed by atoms with van der Waals surface area (Å²) in [6.07, 6.45) is 2.81. The summed E-state index contributed by atoms with van der Waals surface area (Å²) in [5.41, 5.74) is 1.65. The summed E-state index contributed by atoms with van der Waals surface area (Å²) < 4.78 is 21.4. The van der Waals surface area contributed by atoms with Gasteiger partial charge < -0.3 is 4.74 Å². The second-order valence-corrected chi connectivity index (χ2v) is 10.4. The molecule has 1 atom stereocenters. The number of halogens is 3. The number of aryl methyl sites for hydroxylation is 1. The minimum Gasteiger partial charge on any atom is -0.443 e. The van der Waals surface area contributed by atoms with Gasteiger partial charge in [0.05, 0.1) is 17.4 Å². The van der Waals surface area contributed by atoms with E-state index in [2.05, 4.69) is 26.0 Å². The fourth-order valence-corrected chi connectivity index (χ4v) is 4.92. The smallest absolute Gasteiger partial charge is 0.416 e. The summed E-state index contributed by atoms with van der Waals surface area (Å²) in [5.74, 6) is -0.157. The van der Waals surface area contributed by atoms with E-state index in [9.17, 15) is 9.18 Å². The summed E-state index contributed by atoms with van der Waals surface area (Å²) in [6.45, 7) is 5.36. The molecule has 2 aromatic heterocycles. The van der Waals surface area contributed by atoms with Crippen molar-refractivity contribution < 1.29 is 13.9 Å². The number of aliphatic imine (C=N–C) groups is 1. The zero-order valence-electron chi connectivity index (χ0n) is 18.9. The molecule has 0 bridgehead atoms. The maximum Gasteiger partial charge on any atom is 0.416 e. The number of carbonyl (C=O) groups is 1. The Hall–Kier alpha value is -2.56. The van der Waals surface area contributed by atoms with Crippen LogP contribution in [0.5, 0.6) is 0 Å². The van der Waals surface area contributed by atoms with Gasteiger partial charge in [-0.1, -0.05) is 33.6 Å². The molecule has 7 nitrogen and oxygen atoms in total. The van der Waals surface area contributed by atoms with Crippen molar-refractivity contribution >= 4 is 56.4 Å². The molecule has 1 aliphatic heterocycles. The normalized spacial score (nSPS) is 16.6. The minimum atomic E-state index is -0.790. The number of carbonyl (C=O) groups excluding carboxylic acids is 1. The van der Waals surface area contributed by atoms with E-state index in [0.29, 0.717) is 38.7 Å². The van der Waals surface area contributed by atoms with Crippen LogP contribution >= 0.6 is 38.9 Å². The lowest BCUT2D eigenvalue weighted by Gasteiger charge is -2.38. The van der Waals surface area contributed by atoms with E-state index in [-0.39, 0.29) is 5.02 Å². The van der Waals surface area contributed by atoms with Crippen molar-refractivity contribution in [1.82, 2.24) is 19.7 Å². The van der Waals surface area contributed by atoms with E-state index < -0.39 is 23.6 Å². The molecule has 0 aliphatic carbocycles. The number of ether oxygens (including phenoxy) is 1. The highest BCUT2D eigenvalue weighted by molar-refractivity contribution is 9.09. The molecule has 178 valence electrons. The second-order valence-electron chi connectivity index (χ2n) is 8.56. The number of rotatable bonds is 4. The van der Waals surface area contributed by atoms with Gasteiger partial charge >= 0.3 is 6.09 Å². The predicted octanol–water partition coefficient (Wildman–Crippen LogP) is 6.21. The Kier molecular flexibility index (Phi) is 6.93. The SMILES string of the molecule is Cn1ccc(C2=C(CBr)N=C(c3nccs3)N(C(=O)OC(C)(C)C)[C@H]2c2ccc(F)cc2Cl)n1. The predicted molar refractivity (Wildman–Crippen MR) is 135 cm³/mol. The Morgan fingerprint density at radius 3 is 2.65 bits per heavy atom. The molecule has 4 rings (SSSR count). The summed E-state index contributed by atoms with van der Waals surface area (Å²) in [6, 6.07) is 5.15. The molecular weight excluding hydrogens is 545 g/mol. The molecule has 3 aromatic rings. The number of hydrogen-bond donors (Lipinski definition) is 0. The van der Waals surface area contributed by atoms with E-state index in [0.717, 1.165) is 0 Å². The molecule has 0 saturated carbocycles. The molecular formula is C23H22BrClFN5O2S. The largest absolute Gasteiger partial charge is 0.443 e. The highest BCUT2D eigenvalue weighted by Gasteiger charge is 2.42. The van der Waals surface area contributed by atoms with E-state index in [1.807, 2.05) is 6.07 Å². The molecule has 3 heterocycles. The van der Waals surface area contributed by atoms with Gasteiger partial charge in [0.1, 0.15) is 11.4 Å². The first-order valence-electron chi connectivity index (χ1n) is 10.3. The van der Waals surface area contributed by atoms with Crippen molar-refractivity contribution in [1.29, 1.82) is 0 Å². The van der Waals surface area contributed by atoms with Gasteiger partial charge in [-0.25, -0.2) is 24.1 Å². The highest BCUT2D eigenvalue weighted by Crippen LogP contribution is 2.45. The average molecular weight is 567 g/mol. The van der Waals surface area contributed by atoms with Gasteiger partial charge in [0, 0.05) is 40.7 Å². The summed E-state index contributed by atoms with van der Waals surface area (Å²) in [5, 5.41) is 7.46. The van der Waals surface area contributed by atoms with Crippen molar-refractivity contribution in [3.05, 3.63) is 74.8 Å². The van der Waals surface area contributed by atoms with Crippen molar-refractivity contribution in [3.63, 3.8) is 0 Å². The van der Waals surface area contributed by atoms with Crippen LogP contribution in [0.4, 0.5) is 9.18 Å². The van der Waals surface area contributed by atoms with Crippen LogP contribution in [0.25, 0.3) is 5.57 Å². The zero-order valence-corrected chi connectivity index (χ0v) is 22.1. The van der Waals surface area contributed by atoms with E-state index >= 15 is 0 Å². The van der Waals surface area contributed by atoms with Crippen LogP contribution in [0.15, 0.2) is 52.7 Å². The average Bonchev–Trinajstić information content (AvgIpc) is 3.43. The number of amides is 1. The van der Waals surface area contributed by atoms with Crippen molar-refractivity contribution in [2.45, 2.75) is 32.4 Å². The molecule has 1 aliphatic rings. The molecule has 1 aromatic carbocycles. The van der Waals surface area contributed by atoms with Gasteiger partial charge in [-0.3, -0.25) is 4.68 Å². The molecule has 0 radical (unpaired) electrons. The number of allylic oxidation sites excluding steroid dienone is 1. The van der Waals surface area contributed by atoms with Gasteiger partial charge in [-0.15, -0.1) is 11.3 Å². The van der Waals surface area contributed by atoms with Crippen molar-refractivity contribution in [2.75, 3.05) is 5.33 Å². The number of nitrogens with zero attached hydrogens (tertiary/aromatic N) is 5. The van der Waals surface area contributed by atoms with E-state index in [1.54, 1.807) is 56.3 Å². The Morgan fingerprint density at radius 1 is 1.32 bits per heavy atom. The van der Waals surface area contributed by atoms with Crippen LogP contribution in [-0.2, 0) is 11.8 Å². The molecule has 1 amide bonds. The molecule has 11 heteroatoms. The number of benzene rings is 1. The molecule has 0 N–H and O–H groups in total. The summed E-state index contributed by atoms with van der Waals surface area (Å²) in [4.78, 5) is 24.3. The molecule has 0 fully saturated rings. The maximum absolute atomic E-state index is 14.0. The van der Waals surface area contributed by atoms with Gasteiger partial charge in [0.2, 0.25) is 0 Å². The summed E-state index contributed by atoms with van der Waals surface area (Å²) in [7, 11) is 1.80. The van der Waals surface area contributed by atoms with Gasteiger partial charge in [-0.2, -0.15) is 5.10 Å². The van der Waals surface area contributed by atoms with Crippen molar-refractivity contribution in [2.24, 2.45) is 12.0 Å². The number of thiazole rings is 1. The Morgan fingerprint density at radius 2 is 2.09 bits per heavy atom. The van der Waals surface area contributed by atoms with Crippen LogP contribution in [0.1, 0.15) is 43.1 Å². The molecule has 0 spiro atoms. The minimum absolute atomic E-state index is 0.168. The second kappa shape index (κ2) is 9.59. The lowest BCUT2D eigenvalue weighted by Crippen LogP contribution is -2.46. The number of aromatic nitrogens is 3. The highest BCUT2D eigenvalue weighted by atomic mass is 79.9. The molecule has 0 unspecified atom stereocenters. The van der Waals surface area contributed by atoms with Crippen LogP contribution in [-0.4, -0.2) is 42.5 Å². The van der Waals surface area contributed by atoms with E-state index in [4.69, 9.17) is 21.3 Å². The van der Waals surface area contributed by atoms with Crippen LogP contribution < -0.4 is 0 Å². The number of hydrogen-bond acceptors (Lipinski definition) is 6. The number of amidine groups is 1. The third kappa shape index (κ3) is 4.94. The zero-order chi connectivity index (χ0) is 24.6. The first kappa shape index (κ1) is 24.6. The van der Waals surface area contributed by atoms with Gasteiger partial charge in [0.25, 0.3) is 0 Å².